The summed E-state index contributed by atoms with van der Waals surface area (Å²) in [6, 6.07) is 8.37. The number of rotatable bonds is 4. The molecule has 0 aromatic heterocycles. The largest absolute Gasteiger partial charge is 0.467 e. The van der Waals surface area contributed by atoms with E-state index in [4.69, 9.17) is 10.3 Å². The molecule has 0 aliphatic carbocycles. The van der Waals surface area contributed by atoms with Gasteiger partial charge in [0.2, 0.25) is 0 Å². The summed E-state index contributed by atoms with van der Waals surface area (Å²) >= 11 is 0. The van der Waals surface area contributed by atoms with E-state index in [-0.39, 0.29) is 6.61 Å². The van der Waals surface area contributed by atoms with Crippen molar-refractivity contribution in [1.82, 2.24) is 4.90 Å². The number of benzene rings is 1. The van der Waals surface area contributed by atoms with E-state index in [1.54, 1.807) is 0 Å². The minimum atomic E-state index is -0.788. The van der Waals surface area contributed by atoms with E-state index in [9.17, 15) is 9.59 Å². The molecule has 0 N–H and O–H groups in total. The predicted octanol–water partition coefficient (Wildman–Crippen LogP) is 2.60. The second kappa shape index (κ2) is 7.33. The molecule has 116 valence electrons. The van der Waals surface area contributed by atoms with Gasteiger partial charge in [0.25, 0.3) is 0 Å². The summed E-state index contributed by atoms with van der Waals surface area (Å²) in [5, 5.41) is 3.55. The van der Waals surface area contributed by atoms with E-state index in [0.29, 0.717) is 12.8 Å². The van der Waals surface area contributed by atoms with Crippen molar-refractivity contribution in [3.05, 3.63) is 46.3 Å². The number of nitrogens with zero attached hydrogens (tertiary/aromatic N) is 4. The first-order valence-corrected chi connectivity index (χ1v) is 6.78. The van der Waals surface area contributed by atoms with Crippen LogP contribution in [0.4, 0.5) is 4.79 Å². The standard InChI is InChI=1S/C14H16N4O4/c1-21-13(19)11-7-8-12(16-17-15)18(11)14(20)22-9-10-5-3-2-4-6-10/h2-6,11-12H,7-9H2,1H3/t11-,12?/m0/s1. The van der Waals surface area contributed by atoms with Gasteiger partial charge in [-0.2, -0.15) is 0 Å². The normalized spacial score (nSPS) is 20.1. The number of likely N-dealkylation sites (tertiary alicyclic amines) is 1. The van der Waals surface area contributed by atoms with Crippen molar-refractivity contribution in [2.75, 3.05) is 7.11 Å². The lowest BCUT2D eigenvalue weighted by Gasteiger charge is -2.25. The van der Waals surface area contributed by atoms with E-state index < -0.39 is 24.3 Å². The highest BCUT2D eigenvalue weighted by Crippen LogP contribution is 2.27. The van der Waals surface area contributed by atoms with Crippen LogP contribution in [0.5, 0.6) is 0 Å². The fourth-order valence-corrected chi connectivity index (χ4v) is 2.38. The predicted molar refractivity (Wildman–Crippen MR) is 76.4 cm³/mol. The third kappa shape index (κ3) is 3.48. The van der Waals surface area contributed by atoms with Gasteiger partial charge in [-0.3, -0.25) is 4.90 Å². The van der Waals surface area contributed by atoms with Gasteiger partial charge < -0.3 is 9.47 Å². The van der Waals surface area contributed by atoms with Crippen LogP contribution in [0.25, 0.3) is 10.4 Å². The SMILES string of the molecule is COC(=O)[C@@H]1CCC(N=[N+]=[N-])N1C(=O)OCc1ccccc1. The Balaban J connectivity index is 2.08. The molecular weight excluding hydrogens is 288 g/mol. The number of hydrogen-bond acceptors (Lipinski definition) is 5. The van der Waals surface area contributed by atoms with Crippen molar-refractivity contribution in [3.8, 4) is 0 Å². The maximum Gasteiger partial charge on any atom is 0.411 e. The zero-order chi connectivity index (χ0) is 15.9. The zero-order valence-corrected chi connectivity index (χ0v) is 12.1. The van der Waals surface area contributed by atoms with Crippen LogP contribution in [0.3, 0.4) is 0 Å². The number of hydrogen-bond donors (Lipinski definition) is 0. The lowest BCUT2D eigenvalue weighted by atomic mass is 10.2. The molecule has 1 saturated heterocycles. The number of esters is 1. The highest BCUT2D eigenvalue weighted by Gasteiger charge is 2.42. The molecule has 22 heavy (non-hydrogen) atoms. The second-order valence-electron chi connectivity index (χ2n) is 4.75. The van der Waals surface area contributed by atoms with Crippen molar-refractivity contribution in [3.63, 3.8) is 0 Å². The molecule has 1 amide bonds. The first kappa shape index (κ1) is 15.7. The van der Waals surface area contributed by atoms with Crippen LogP contribution in [-0.4, -0.2) is 36.3 Å². The maximum absolute atomic E-state index is 12.2. The van der Waals surface area contributed by atoms with Crippen LogP contribution in [0.15, 0.2) is 35.4 Å². The highest BCUT2D eigenvalue weighted by atomic mass is 16.6. The molecule has 8 nitrogen and oxygen atoms in total. The van der Waals surface area contributed by atoms with Gasteiger partial charge in [-0.1, -0.05) is 35.4 Å². The Hall–Kier alpha value is -2.73. The summed E-state index contributed by atoms with van der Waals surface area (Å²) in [6.07, 6.45) is -0.673. The van der Waals surface area contributed by atoms with Gasteiger partial charge in [-0.25, -0.2) is 9.59 Å². The van der Waals surface area contributed by atoms with E-state index in [0.717, 1.165) is 10.5 Å². The molecule has 1 aromatic rings. The fourth-order valence-electron chi connectivity index (χ4n) is 2.38. The molecule has 1 heterocycles. The summed E-state index contributed by atoms with van der Waals surface area (Å²) in [5.41, 5.74) is 9.40. The lowest BCUT2D eigenvalue weighted by molar-refractivity contribution is -0.145. The summed E-state index contributed by atoms with van der Waals surface area (Å²) < 4.78 is 9.89. The third-order valence-corrected chi connectivity index (χ3v) is 3.43. The molecule has 1 aliphatic heterocycles. The Bertz CT molecular complexity index is 586. The van der Waals surface area contributed by atoms with Crippen molar-refractivity contribution < 1.29 is 19.1 Å². The quantitative estimate of drug-likeness (QED) is 0.369. The molecule has 1 fully saturated rings. The van der Waals surface area contributed by atoms with E-state index >= 15 is 0 Å². The average molecular weight is 304 g/mol. The van der Waals surface area contributed by atoms with Gasteiger partial charge in [0.1, 0.15) is 18.8 Å². The first-order valence-electron chi connectivity index (χ1n) is 6.78. The monoisotopic (exact) mass is 304 g/mol. The zero-order valence-electron chi connectivity index (χ0n) is 12.1. The van der Waals surface area contributed by atoms with Crippen LogP contribution in [0.2, 0.25) is 0 Å². The van der Waals surface area contributed by atoms with Crippen molar-refractivity contribution >= 4 is 12.1 Å². The lowest BCUT2D eigenvalue weighted by Crippen LogP contribution is -2.44. The molecule has 0 bridgehead atoms. The van der Waals surface area contributed by atoms with Crippen LogP contribution in [-0.2, 0) is 20.9 Å². The van der Waals surface area contributed by atoms with Gasteiger partial charge >= 0.3 is 12.1 Å². The molecule has 0 saturated carbocycles. The minimum absolute atomic E-state index is 0.0764. The molecule has 8 heteroatoms. The summed E-state index contributed by atoms with van der Waals surface area (Å²) in [4.78, 5) is 27.9. The number of carbonyl (C=O) groups is 2. The molecule has 2 rings (SSSR count). The number of carbonyl (C=O) groups excluding carboxylic acids is 2. The van der Waals surface area contributed by atoms with Crippen LogP contribution in [0.1, 0.15) is 18.4 Å². The summed E-state index contributed by atoms with van der Waals surface area (Å²) in [7, 11) is 1.25. The number of ether oxygens (including phenoxy) is 2. The maximum atomic E-state index is 12.2. The molecule has 1 aliphatic rings. The Morgan fingerprint density at radius 1 is 1.36 bits per heavy atom. The van der Waals surface area contributed by atoms with E-state index in [1.807, 2.05) is 30.3 Å². The van der Waals surface area contributed by atoms with Crippen molar-refractivity contribution in [2.45, 2.75) is 31.7 Å². The number of amides is 1. The van der Waals surface area contributed by atoms with Crippen LogP contribution >= 0.6 is 0 Å². The Labute approximate surface area is 127 Å². The molecular formula is C14H16N4O4. The molecule has 0 spiro atoms. The van der Waals surface area contributed by atoms with Gasteiger partial charge in [0.15, 0.2) is 0 Å². The smallest absolute Gasteiger partial charge is 0.411 e. The van der Waals surface area contributed by atoms with Crippen LogP contribution in [0, 0.1) is 0 Å². The highest BCUT2D eigenvalue weighted by molar-refractivity contribution is 5.82. The second-order valence-corrected chi connectivity index (χ2v) is 4.75. The van der Waals surface area contributed by atoms with Gasteiger partial charge in [0, 0.05) is 4.91 Å². The van der Waals surface area contributed by atoms with E-state index in [2.05, 4.69) is 14.8 Å². The molecule has 0 radical (unpaired) electrons. The average Bonchev–Trinajstić information content (AvgIpc) is 2.97. The topological polar surface area (TPSA) is 105 Å². The molecule has 1 aromatic carbocycles. The van der Waals surface area contributed by atoms with Crippen LogP contribution < -0.4 is 0 Å². The van der Waals surface area contributed by atoms with Gasteiger partial charge in [-0.05, 0) is 23.9 Å². The minimum Gasteiger partial charge on any atom is -0.467 e. The first-order chi connectivity index (χ1) is 10.7. The fraction of sp³-hybridized carbons (Fsp3) is 0.429. The number of methoxy groups -OCH3 is 1. The van der Waals surface area contributed by atoms with Crippen molar-refractivity contribution in [1.29, 1.82) is 0 Å². The summed E-state index contributed by atoms with van der Waals surface area (Å²) in [5.74, 6) is -0.549. The Kier molecular flexibility index (Phi) is 5.21. The number of azide groups is 1. The Morgan fingerprint density at radius 2 is 2.09 bits per heavy atom. The van der Waals surface area contributed by atoms with Crippen molar-refractivity contribution in [2.24, 2.45) is 5.11 Å². The molecule has 2 atom stereocenters. The van der Waals surface area contributed by atoms with Gasteiger partial charge in [-0.15, -0.1) is 0 Å². The van der Waals surface area contributed by atoms with E-state index in [1.165, 1.54) is 7.11 Å². The Morgan fingerprint density at radius 3 is 2.73 bits per heavy atom. The summed E-state index contributed by atoms with van der Waals surface area (Å²) in [6.45, 7) is 0.0764. The third-order valence-electron chi connectivity index (χ3n) is 3.43. The van der Waals surface area contributed by atoms with Gasteiger partial charge in [0.05, 0.1) is 7.11 Å². The molecule has 1 unspecified atom stereocenters.